The van der Waals surface area contributed by atoms with E-state index in [0.717, 1.165) is 30.6 Å². The third kappa shape index (κ3) is 3.08. The molecule has 0 saturated carbocycles. The number of fused-ring (bicyclic) bond motifs is 3. The topological polar surface area (TPSA) is 65.1 Å². The highest BCUT2D eigenvalue weighted by atomic mass is 35.5. The van der Waals surface area contributed by atoms with Gasteiger partial charge in [-0.2, -0.15) is 4.98 Å². The van der Waals surface area contributed by atoms with E-state index in [0.29, 0.717) is 41.1 Å². The van der Waals surface area contributed by atoms with E-state index in [9.17, 15) is 9.59 Å². The Morgan fingerprint density at radius 1 is 1.24 bits per heavy atom. The Hall–Kier alpha value is -2.54. The van der Waals surface area contributed by atoms with Gasteiger partial charge < -0.3 is 9.47 Å². The molecule has 154 valence electrons. The number of hydrogen-bond acceptors (Lipinski definition) is 4. The van der Waals surface area contributed by atoms with E-state index in [1.807, 2.05) is 36.6 Å². The number of rotatable bonds is 4. The van der Waals surface area contributed by atoms with Crippen molar-refractivity contribution in [2.45, 2.75) is 46.7 Å². The molecule has 3 heterocycles. The molecular weight excluding hydrogens is 390 g/mol. The van der Waals surface area contributed by atoms with Crippen molar-refractivity contribution in [2.24, 2.45) is 13.0 Å². The molecule has 2 aromatic heterocycles. The van der Waals surface area contributed by atoms with Crippen molar-refractivity contribution in [1.29, 1.82) is 0 Å². The molecule has 0 radical (unpaired) electrons. The lowest BCUT2D eigenvalue weighted by molar-refractivity contribution is 0.457. The zero-order valence-corrected chi connectivity index (χ0v) is 18.0. The van der Waals surface area contributed by atoms with Gasteiger partial charge in [-0.15, -0.1) is 0 Å². The van der Waals surface area contributed by atoms with Crippen LogP contribution in [-0.4, -0.2) is 25.2 Å². The summed E-state index contributed by atoms with van der Waals surface area (Å²) in [5.74, 6) is 0.989. The third-order valence-electron chi connectivity index (χ3n) is 5.71. The molecule has 1 aromatic carbocycles. The molecule has 0 aliphatic carbocycles. The predicted octanol–water partition coefficient (Wildman–Crippen LogP) is 3.45. The molecule has 0 unspecified atom stereocenters. The van der Waals surface area contributed by atoms with Crippen LogP contribution in [-0.2, 0) is 20.1 Å². The van der Waals surface area contributed by atoms with E-state index in [2.05, 4.69) is 11.8 Å². The maximum absolute atomic E-state index is 13.3. The third-order valence-corrected chi connectivity index (χ3v) is 6.12. The summed E-state index contributed by atoms with van der Waals surface area (Å²) in [5, 5.41) is 0.692. The SMILES string of the molecule is CCCCn1c(=O)c2c(nc3n2C[C@@H](C)CN3c2cccc(Cl)c2C)n(C)c1=O. The maximum atomic E-state index is 13.3. The molecule has 8 heteroatoms. The first-order valence-electron chi connectivity index (χ1n) is 10.1. The Labute approximate surface area is 174 Å². The van der Waals surface area contributed by atoms with Crippen LogP contribution in [0.15, 0.2) is 27.8 Å². The Bertz CT molecular complexity index is 1210. The fourth-order valence-electron chi connectivity index (χ4n) is 4.11. The second-order valence-electron chi connectivity index (χ2n) is 7.95. The summed E-state index contributed by atoms with van der Waals surface area (Å²) in [4.78, 5) is 32.9. The smallest absolute Gasteiger partial charge is 0.311 e. The van der Waals surface area contributed by atoms with Crippen LogP contribution >= 0.6 is 11.6 Å². The molecule has 1 aliphatic heterocycles. The van der Waals surface area contributed by atoms with Gasteiger partial charge in [0.15, 0.2) is 11.2 Å². The number of imidazole rings is 1. The second-order valence-corrected chi connectivity index (χ2v) is 8.35. The highest BCUT2D eigenvalue weighted by Crippen LogP contribution is 2.36. The number of aromatic nitrogens is 4. The summed E-state index contributed by atoms with van der Waals surface area (Å²) in [6.07, 6.45) is 1.70. The van der Waals surface area contributed by atoms with Crippen molar-refractivity contribution >= 4 is 34.4 Å². The van der Waals surface area contributed by atoms with Crippen LogP contribution in [0.25, 0.3) is 11.2 Å². The van der Waals surface area contributed by atoms with Gasteiger partial charge in [0.2, 0.25) is 5.95 Å². The van der Waals surface area contributed by atoms with E-state index in [-0.39, 0.29) is 11.2 Å². The number of halogens is 1. The lowest BCUT2D eigenvalue weighted by Crippen LogP contribution is -2.40. The molecule has 0 amide bonds. The summed E-state index contributed by atoms with van der Waals surface area (Å²) < 4.78 is 4.80. The monoisotopic (exact) mass is 415 g/mol. The zero-order chi connectivity index (χ0) is 20.9. The average Bonchev–Trinajstić information content (AvgIpc) is 3.07. The zero-order valence-electron chi connectivity index (χ0n) is 17.3. The number of hydrogen-bond donors (Lipinski definition) is 0. The standard InChI is InChI=1S/C21H26ClN5O2/c1-5-6-10-25-19(28)17-18(24(4)21(25)29)23-20-26(11-13(2)12-27(17)20)16-9-7-8-15(22)14(16)3/h7-9,13H,5-6,10-12H2,1-4H3/t13-/m0/s1. The van der Waals surface area contributed by atoms with E-state index in [1.165, 1.54) is 9.13 Å². The normalized spacial score (nSPS) is 16.4. The first-order valence-corrected chi connectivity index (χ1v) is 10.5. The van der Waals surface area contributed by atoms with Crippen molar-refractivity contribution in [1.82, 2.24) is 18.7 Å². The van der Waals surface area contributed by atoms with Gasteiger partial charge in [0, 0.05) is 37.4 Å². The first kappa shape index (κ1) is 19.8. The fourth-order valence-corrected chi connectivity index (χ4v) is 4.28. The Balaban J connectivity index is 2.00. The molecule has 1 aliphatic rings. The minimum Gasteiger partial charge on any atom is -0.311 e. The highest BCUT2D eigenvalue weighted by Gasteiger charge is 2.30. The van der Waals surface area contributed by atoms with Crippen LogP contribution in [0.1, 0.15) is 32.3 Å². The second kappa shape index (κ2) is 7.37. The molecule has 29 heavy (non-hydrogen) atoms. The average molecular weight is 416 g/mol. The number of nitrogens with zero attached hydrogens (tertiary/aromatic N) is 5. The van der Waals surface area contributed by atoms with Crippen LogP contribution in [0.2, 0.25) is 5.02 Å². The first-order chi connectivity index (χ1) is 13.8. The quantitative estimate of drug-likeness (QED) is 0.654. The number of benzene rings is 1. The van der Waals surface area contributed by atoms with Crippen molar-refractivity contribution in [2.75, 3.05) is 11.4 Å². The van der Waals surface area contributed by atoms with Gasteiger partial charge >= 0.3 is 5.69 Å². The van der Waals surface area contributed by atoms with Crippen LogP contribution in [0, 0.1) is 12.8 Å². The molecule has 0 spiro atoms. The molecule has 7 nitrogen and oxygen atoms in total. The number of anilines is 2. The van der Waals surface area contributed by atoms with E-state index < -0.39 is 0 Å². The van der Waals surface area contributed by atoms with Gasteiger partial charge in [-0.05, 0) is 37.0 Å². The predicted molar refractivity (Wildman–Crippen MR) is 117 cm³/mol. The number of aryl methyl sites for hydroxylation is 1. The van der Waals surface area contributed by atoms with Crippen molar-refractivity contribution in [3.63, 3.8) is 0 Å². The minimum atomic E-state index is -0.315. The van der Waals surface area contributed by atoms with Gasteiger partial charge in [-0.1, -0.05) is 37.9 Å². The van der Waals surface area contributed by atoms with Gasteiger partial charge in [0.25, 0.3) is 5.56 Å². The van der Waals surface area contributed by atoms with Crippen LogP contribution in [0.4, 0.5) is 11.6 Å². The van der Waals surface area contributed by atoms with Crippen molar-refractivity contribution in [3.8, 4) is 0 Å². The lowest BCUT2D eigenvalue weighted by Gasteiger charge is -2.34. The molecule has 4 rings (SSSR count). The van der Waals surface area contributed by atoms with E-state index in [1.54, 1.807) is 7.05 Å². The van der Waals surface area contributed by atoms with E-state index >= 15 is 0 Å². The van der Waals surface area contributed by atoms with Crippen molar-refractivity contribution < 1.29 is 0 Å². The lowest BCUT2D eigenvalue weighted by atomic mass is 10.1. The summed E-state index contributed by atoms with van der Waals surface area (Å²) in [7, 11) is 1.68. The molecule has 0 N–H and O–H groups in total. The van der Waals surface area contributed by atoms with Crippen LogP contribution < -0.4 is 16.1 Å². The van der Waals surface area contributed by atoms with Gasteiger partial charge in [0.1, 0.15) is 0 Å². The highest BCUT2D eigenvalue weighted by molar-refractivity contribution is 6.31. The van der Waals surface area contributed by atoms with Gasteiger partial charge in [-0.3, -0.25) is 13.9 Å². The molecule has 3 aromatic rings. The van der Waals surface area contributed by atoms with Crippen molar-refractivity contribution in [3.05, 3.63) is 49.6 Å². The maximum Gasteiger partial charge on any atom is 0.332 e. The molecular formula is C21H26ClN5O2. The van der Waals surface area contributed by atoms with Gasteiger partial charge in [0.05, 0.1) is 0 Å². The summed E-state index contributed by atoms with van der Waals surface area (Å²) in [6.45, 7) is 8.05. The Kier molecular flexibility index (Phi) is 5.02. The summed E-state index contributed by atoms with van der Waals surface area (Å²) in [5.41, 5.74) is 2.29. The largest absolute Gasteiger partial charge is 0.332 e. The Morgan fingerprint density at radius 2 is 2.00 bits per heavy atom. The number of unbranched alkanes of at least 4 members (excludes halogenated alkanes) is 1. The minimum absolute atomic E-state index is 0.257. The summed E-state index contributed by atoms with van der Waals surface area (Å²) in [6, 6.07) is 5.80. The fraction of sp³-hybridized carbons (Fsp3) is 0.476. The molecule has 0 bridgehead atoms. The Morgan fingerprint density at radius 3 is 2.72 bits per heavy atom. The molecule has 1 atom stereocenters. The van der Waals surface area contributed by atoms with E-state index in [4.69, 9.17) is 16.6 Å². The van der Waals surface area contributed by atoms with Crippen LogP contribution in [0.5, 0.6) is 0 Å². The van der Waals surface area contributed by atoms with Crippen LogP contribution in [0.3, 0.4) is 0 Å². The van der Waals surface area contributed by atoms with Gasteiger partial charge in [-0.25, -0.2) is 4.79 Å². The molecule has 0 saturated heterocycles. The summed E-state index contributed by atoms with van der Waals surface area (Å²) >= 11 is 6.36. The molecule has 0 fully saturated rings.